The molecule has 136 valence electrons. The van der Waals surface area contributed by atoms with Gasteiger partial charge in [0.25, 0.3) is 0 Å². The maximum atomic E-state index is 13.2. The molecule has 1 aromatic carbocycles. The van der Waals surface area contributed by atoms with Crippen molar-refractivity contribution in [2.45, 2.75) is 50.0 Å². The van der Waals surface area contributed by atoms with E-state index in [4.69, 9.17) is 21.4 Å². The zero-order valence-corrected chi connectivity index (χ0v) is 14.9. The second-order valence-corrected chi connectivity index (χ2v) is 7.50. The number of ether oxygens (including phenoxy) is 1. The Kier molecular flexibility index (Phi) is 5.64. The molecule has 1 saturated carbocycles. The van der Waals surface area contributed by atoms with E-state index in [2.05, 4.69) is 5.32 Å². The van der Waals surface area contributed by atoms with E-state index in [1.165, 1.54) is 0 Å². The maximum absolute atomic E-state index is 13.2. The number of hydrogen-bond acceptors (Lipinski definition) is 3. The van der Waals surface area contributed by atoms with Crippen LogP contribution in [0.15, 0.2) is 24.3 Å². The smallest absolute Gasteiger partial charge is 0.306 e. The molecular formula is C19H24ClNO4. The third-order valence-electron chi connectivity index (χ3n) is 5.57. The first-order chi connectivity index (χ1) is 12.0. The molecule has 1 aliphatic carbocycles. The molecule has 5 nitrogen and oxygen atoms in total. The monoisotopic (exact) mass is 365 g/mol. The molecular weight excluding hydrogens is 342 g/mol. The van der Waals surface area contributed by atoms with Crippen LogP contribution in [-0.4, -0.2) is 36.2 Å². The summed E-state index contributed by atoms with van der Waals surface area (Å²) in [4.78, 5) is 24.3. The number of carboxylic acid groups (broad SMARTS) is 1. The average Bonchev–Trinajstić information content (AvgIpc) is 2.62. The van der Waals surface area contributed by atoms with Crippen molar-refractivity contribution in [1.29, 1.82) is 0 Å². The molecule has 0 unspecified atom stereocenters. The summed E-state index contributed by atoms with van der Waals surface area (Å²) in [5.74, 6) is -1.00. The van der Waals surface area contributed by atoms with Gasteiger partial charge >= 0.3 is 5.97 Å². The van der Waals surface area contributed by atoms with Crippen LogP contribution in [0.1, 0.15) is 44.1 Å². The van der Waals surface area contributed by atoms with Crippen LogP contribution in [-0.2, 0) is 19.7 Å². The highest BCUT2D eigenvalue weighted by Gasteiger charge is 2.42. The number of aliphatic carboxylic acids is 1. The number of amides is 1. The van der Waals surface area contributed by atoms with Gasteiger partial charge in [-0.05, 0) is 56.2 Å². The highest BCUT2D eigenvalue weighted by molar-refractivity contribution is 6.30. The second kappa shape index (κ2) is 7.75. The summed E-state index contributed by atoms with van der Waals surface area (Å²) in [5, 5.41) is 12.9. The molecule has 1 heterocycles. The van der Waals surface area contributed by atoms with E-state index in [-0.39, 0.29) is 17.9 Å². The Bertz CT molecular complexity index is 634. The molecule has 6 heteroatoms. The van der Waals surface area contributed by atoms with Crippen LogP contribution in [0.5, 0.6) is 0 Å². The van der Waals surface area contributed by atoms with Crippen LogP contribution >= 0.6 is 11.6 Å². The number of carbonyl (C=O) groups is 2. The molecule has 3 rings (SSSR count). The molecule has 1 amide bonds. The van der Waals surface area contributed by atoms with Gasteiger partial charge < -0.3 is 15.2 Å². The van der Waals surface area contributed by atoms with Crippen LogP contribution in [0.3, 0.4) is 0 Å². The van der Waals surface area contributed by atoms with E-state index in [0.717, 1.165) is 5.56 Å². The Morgan fingerprint density at radius 1 is 1.16 bits per heavy atom. The zero-order valence-electron chi connectivity index (χ0n) is 14.2. The molecule has 1 aromatic rings. The Balaban J connectivity index is 1.73. The minimum Gasteiger partial charge on any atom is -0.481 e. The summed E-state index contributed by atoms with van der Waals surface area (Å²) in [6.45, 7) is 1.09. The topological polar surface area (TPSA) is 75.6 Å². The van der Waals surface area contributed by atoms with Crippen molar-refractivity contribution >= 4 is 23.5 Å². The molecule has 1 aliphatic heterocycles. The van der Waals surface area contributed by atoms with Gasteiger partial charge in [-0.25, -0.2) is 0 Å². The second-order valence-electron chi connectivity index (χ2n) is 7.07. The fourth-order valence-corrected chi connectivity index (χ4v) is 4.15. The molecule has 0 radical (unpaired) electrons. The third kappa shape index (κ3) is 3.98. The molecule has 1 saturated heterocycles. The van der Waals surface area contributed by atoms with Crippen molar-refractivity contribution in [1.82, 2.24) is 5.32 Å². The lowest BCUT2D eigenvalue weighted by Gasteiger charge is -2.38. The predicted molar refractivity (Wildman–Crippen MR) is 94.7 cm³/mol. The first-order valence-electron chi connectivity index (χ1n) is 8.89. The van der Waals surface area contributed by atoms with Crippen molar-refractivity contribution in [2.75, 3.05) is 13.2 Å². The molecule has 2 fully saturated rings. The number of carbonyl (C=O) groups excluding carboxylic acids is 1. The van der Waals surface area contributed by atoms with Crippen molar-refractivity contribution in [3.8, 4) is 0 Å². The summed E-state index contributed by atoms with van der Waals surface area (Å²) in [6, 6.07) is 7.55. The lowest BCUT2D eigenvalue weighted by Crippen LogP contribution is -2.51. The Morgan fingerprint density at radius 2 is 1.84 bits per heavy atom. The maximum Gasteiger partial charge on any atom is 0.306 e. The third-order valence-corrected chi connectivity index (χ3v) is 5.80. The molecule has 2 N–H and O–H groups in total. The highest BCUT2D eigenvalue weighted by Crippen LogP contribution is 2.37. The first-order valence-corrected chi connectivity index (χ1v) is 9.26. The van der Waals surface area contributed by atoms with Gasteiger partial charge in [-0.1, -0.05) is 23.7 Å². The molecule has 2 aliphatic rings. The highest BCUT2D eigenvalue weighted by atomic mass is 35.5. The number of carboxylic acids is 1. The quantitative estimate of drug-likeness (QED) is 0.859. The lowest BCUT2D eigenvalue weighted by molar-refractivity contribution is -0.142. The van der Waals surface area contributed by atoms with Crippen molar-refractivity contribution in [3.63, 3.8) is 0 Å². The van der Waals surface area contributed by atoms with Crippen LogP contribution < -0.4 is 5.32 Å². The van der Waals surface area contributed by atoms with Gasteiger partial charge in [0.1, 0.15) is 0 Å². The van der Waals surface area contributed by atoms with E-state index < -0.39 is 11.4 Å². The van der Waals surface area contributed by atoms with E-state index in [9.17, 15) is 9.59 Å². The van der Waals surface area contributed by atoms with Crippen molar-refractivity contribution < 1.29 is 19.4 Å². The van der Waals surface area contributed by atoms with Gasteiger partial charge in [0.15, 0.2) is 0 Å². The number of nitrogens with one attached hydrogen (secondary N) is 1. The van der Waals surface area contributed by atoms with Crippen LogP contribution in [0.25, 0.3) is 0 Å². The van der Waals surface area contributed by atoms with Gasteiger partial charge in [-0.3, -0.25) is 9.59 Å². The van der Waals surface area contributed by atoms with Crippen molar-refractivity contribution in [2.24, 2.45) is 5.92 Å². The standard InChI is InChI=1S/C19H24ClNO4/c20-15-3-1-2-14(12-15)19(8-10-25-11-9-19)18(24)21-16-6-4-13(5-7-16)17(22)23/h1-3,12-13,16H,4-11H2,(H,21,24)(H,22,23). The zero-order chi connectivity index (χ0) is 17.9. The Hall–Kier alpha value is -1.59. The first kappa shape index (κ1) is 18.2. The number of halogens is 1. The van der Waals surface area contributed by atoms with Gasteiger partial charge in [-0.15, -0.1) is 0 Å². The van der Waals surface area contributed by atoms with E-state index in [1.807, 2.05) is 24.3 Å². The number of hydrogen-bond donors (Lipinski definition) is 2. The van der Waals surface area contributed by atoms with Crippen LogP contribution in [0, 0.1) is 5.92 Å². The van der Waals surface area contributed by atoms with E-state index in [0.29, 0.717) is 56.8 Å². The molecule has 0 bridgehead atoms. The largest absolute Gasteiger partial charge is 0.481 e. The van der Waals surface area contributed by atoms with Crippen LogP contribution in [0.2, 0.25) is 5.02 Å². The minimum absolute atomic E-state index is 0.0110. The summed E-state index contributed by atoms with van der Waals surface area (Å²) < 4.78 is 5.48. The Labute approximate surface area is 152 Å². The van der Waals surface area contributed by atoms with Crippen LogP contribution in [0.4, 0.5) is 0 Å². The predicted octanol–water partition coefficient (Wildman–Crippen LogP) is 3.15. The molecule has 0 aromatic heterocycles. The minimum atomic E-state index is -0.732. The SMILES string of the molecule is O=C(O)C1CCC(NC(=O)C2(c3cccc(Cl)c3)CCOCC2)CC1. The van der Waals surface area contributed by atoms with Gasteiger partial charge in [0.2, 0.25) is 5.91 Å². The fourth-order valence-electron chi connectivity index (χ4n) is 3.96. The van der Waals surface area contributed by atoms with E-state index >= 15 is 0 Å². The Morgan fingerprint density at radius 3 is 2.44 bits per heavy atom. The summed E-state index contributed by atoms with van der Waals surface area (Å²) in [6.07, 6.45) is 3.92. The van der Waals surface area contributed by atoms with Gasteiger partial charge in [0.05, 0.1) is 11.3 Å². The summed E-state index contributed by atoms with van der Waals surface area (Å²) >= 11 is 6.15. The number of rotatable bonds is 4. The van der Waals surface area contributed by atoms with E-state index in [1.54, 1.807) is 0 Å². The fraction of sp³-hybridized carbons (Fsp3) is 0.579. The van der Waals surface area contributed by atoms with Crippen molar-refractivity contribution in [3.05, 3.63) is 34.9 Å². The average molecular weight is 366 g/mol. The normalized spacial score (nSPS) is 26.0. The van der Waals surface area contributed by atoms with Gasteiger partial charge in [-0.2, -0.15) is 0 Å². The molecule has 0 spiro atoms. The van der Waals surface area contributed by atoms with Gasteiger partial charge in [0, 0.05) is 24.3 Å². The number of benzene rings is 1. The lowest BCUT2D eigenvalue weighted by atomic mass is 9.73. The molecule has 0 atom stereocenters. The summed E-state index contributed by atoms with van der Waals surface area (Å²) in [5.41, 5.74) is 0.312. The summed E-state index contributed by atoms with van der Waals surface area (Å²) in [7, 11) is 0. The molecule has 25 heavy (non-hydrogen) atoms.